The van der Waals surface area contributed by atoms with Crippen molar-refractivity contribution in [2.45, 2.75) is 19.8 Å². The third kappa shape index (κ3) is 3.74. The average molecular weight is 340 g/mol. The predicted molar refractivity (Wildman–Crippen MR) is 97.9 cm³/mol. The predicted octanol–water partition coefficient (Wildman–Crippen LogP) is 4.06. The minimum absolute atomic E-state index is 0.00803. The van der Waals surface area contributed by atoms with Gasteiger partial charge in [0.2, 0.25) is 0 Å². The second-order valence-electron chi connectivity index (χ2n) is 5.42. The number of hydrogen-bond acceptors (Lipinski definition) is 4. The normalized spacial score (nSPS) is 10.7. The zero-order valence-corrected chi connectivity index (χ0v) is 14.4. The first-order valence-electron chi connectivity index (χ1n) is 8.10. The molecule has 0 saturated heterocycles. The Morgan fingerprint density at radius 3 is 3.00 bits per heavy atom. The van der Waals surface area contributed by atoms with E-state index in [2.05, 4.69) is 17.2 Å². The lowest BCUT2D eigenvalue weighted by Gasteiger charge is -2.09. The molecule has 4 nitrogen and oxygen atoms in total. The molecule has 0 aliphatic heterocycles. The number of aromatic nitrogens is 1. The minimum atomic E-state index is 0.00803. The minimum Gasteiger partial charge on any atom is -0.491 e. The molecule has 3 aromatic rings. The van der Waals surface area contributed by atoms with Crippen molar-refractivity contribution >= 4 is 28.1 Å². The maximum Gasteiger partial charge on any atom is 0.261 e. The van der Waals surface area contributed by atoms with Crippen molar-refractivity contribution in [3.8, 4) is 5.75 Å². The molecule has 0 fully saturated rings. The van der Waals surface area contributed by atoms with Crippen molar-refractivity contribution in [3.05, 3.63) is 58.4 Å². The summed E-state index contributed by atoms with van der Waals surface area (Å²) >= 11 is 1.49. The van der Waals surface area contributed by atoms with Gasteiger partial charge in [0.1, 0.15) is 11.3 Å². The topological polar surface area (TPSA) is 51.2 Å². The summed E-state index contributed by atoms with van der Waals surface area (Å²) in [5, 5.41) is 5.98. The van der Waals surface area contributed by atoms with Crippen molar-refractivity contribution in [1.29, 1.82) is 0 Å². The number of rotatable bonds is 7. The van der Waals surface area contributed by atoms with Gasteiger partial charge >= 0.3 is 0 Å². The Bertz CT molecular complexity index is 824. The van der Waals surface area contributed by atoms with E-state index in [1.807, 2.05) is 41.8 Å². The number of amides is 1. The molecular formula is C19H20N2O2S. The van der Waals surface area contributed by atoms with Crippen LogP contribution >= 0.6 is 11.3 Å². The molecule has 5 heteroatoms. The number of ether oxygens (including phenoxy) is 1. The molecule has 1 amide bonds. The van der Waals surface area contributed by atoms with Crippen LogP contribution < -0.4 is 10.1 Å². The molecule has 1 aromatic carbocycles. The summed E-state index contributed by atoms with van der Waals surface area (Å²) in [5.74, 6) is 0.791. The Kier molecular flexibility index (Phi) is 5.43. The van der Waals surface area contributed by atoms with Gasteiger partial charge in [-0.3, -0.25) is 9.78 Å². The van der Waals surface area contributed by atoms with Crippen molar-refractivity contribution in [2.75, 3.05) is 13.2 Å². The van der Waals surface area contributed by atoms with E-state index in [1.165, 1.54) is 11.3 Å². The third-order valence-corrected chi connectivity index (χ3v) is 4.75. The van der Waals surface area contributed by atoms with Gasteiger partial charge in [-0.05, 0) is 42.0 Å². The Labute approximate surface area is 145 Å². The van der Waals surface area contributed by atoms with Crippen LogP contribution in [0.25, 0.3) is 10.9 Å². The van der Waals surface area contributed by atoms with Crippen molar-refractivity contribution in [1.82, 2.24) is 10.3 Å². The monoisotopic (exact) mass is 340 g/mol. The first-order chi connectivity index (χ1) is 11.8. The van der Waals surface area contributed by atoms with Crippen LogP contribution in [0.3, 0.4) is 0 Å². The largest absolute Gasteiger partial charge is 0.491 e. The number of benzene rings is 1. The molecule has 0 aliphatic carbocycles. The lowest BCUT2D eigenvalue weighted by molar-refractivity contribution is 0.0955. The first-order valence-corrected chi connectivity index (χ1v) is 8.98. The van der Waals surface area contributed by atoms with E-state index in [0.717, 1.165) is 39.9 Å². The van der Waals surface area contributed by atoms with Gasteiger partial charge in [0.25, 0.3) is 5.91 Å². The number of fused-ring (bicyclic) bond motifs is 1. The Morgan fingerprint density at radius 1 is 1.25 bits per heavy atom. The van der Waals surface area contributed by atoms with Gasteiger partial charge in [0.15, 0.2) is 0 Å². The maximum atomic E-state index is 12.1. The molecule has 0 saturated carbocycles. The fourth-order valence-corrected chi connectivity index (χ4v) is 3.45. The number of nitrogens with zero attached hydrogens (tertiary/aromatic N) is 1. The third-order valence-electron chi connectivity index (χ3n) is 3.79. The van der Waals surface area contributed by atoms with Gasteiger partial charge in [-0.1, -0.05) is 25.1 Å². The van der Waals surface area contributed by atoms with E-state index in [1.54, 1.807) is 6.20 Å². The highest BCUT2D eigenvalue weighted by Gasteiger charge is 2.11. The number of carbonyl (C=O) groups excluding carboxylic acids is 1. The van der Waals surface area contributed by atoms with Crippen molar-refractivity contribution < 1.29 is 9.53 Å². The molecule has 0 spiro atoms. The van der Waals surface area contributed by atoms with Crippen LogP contribution in [-0.2, 0) is 6.42 Å². The van der Waals surface area contributed by atoms with Crippen LogP contribution in [0, 0.1) is 0 Å². The number of pyridine rings is 1. The van der Waals surface area contributed by atoms with Crippen LogP contribution in [0.5, 0.6) is 5.75 Å². The molecule has 0 bridgehead atoms. The summed E-state index contributed by atoms with van der Waals surface area (Å²) in [6.07, 6.45) is 3.40. The Balaban J connectivity index is 1.48. The highest BCUT2D eigenvalue weighted by molar-refractivity contribution is 7.12. The SMILES string of the molecule is CCc1ccsc1C(=O)NCCCOc1cccc2cccnc12. The number of aryl methyl sites for hydroxylation is 1. The summed E-state index contributed by atoms with van der Waals surface area (Å²) < 4.78 is 5.83. The van der Waals surface area contributed by atoms with Gasteiger partial charge in [-0.15, -0.1) is 11.3 Å². The van der Waals surface area contributed by atoms with E-state index in [4.69, 9.17) is 4.74 Å². The summed E-state index contributed by atoms with van der Waals surface area (Å²) in [5.41, 5.74) is 1.98. The number of carbonyl (C=O) groups is 1. The summed E-state index contributed by atoms with van der Waals surface area (Å²) in [6.45, 7) is 3.20. The number of hydrogen-bond donors (Lipinski definition) is 1. The highest BCUT2D eigenvalue weighted by atomic mass is 32.1. The van der Waals surface area contributed by atoms with E-state index < -0.39 is 0 Å². The summed E-state index contributed by atoms with van der Waals surface area (Å²) in [7, 11) is 0. The van der Waals surface area contributed by atoms with E-state index in [9.17, 15) is 4.79 Å². The van der Waals surface area contributed by atoms with Crippen LogP contribution in [0.2, 0.25) is 0 Å². The van der Waals surface area contributed by atoms with Gasteiger partial charge in [0, 0.05) is 18.1 Å². The maximum absolute atomic E-state index is 12.1. The van der Waals surface area contributed by atoms with E-state index in [0.29, 0.717) is 13.2 Å². The Hall–Kier alpha value is -2.40. The first kappa shape index (κ1) is 16.5. The molecule has 0 atom stereocenters. The molecule has 2 aromatic heterocycles. The van der Waals surface area contributed by atoms with Crippen LogP contribution in [0.15, 0.2) is 48.0 Å². The fraction of sp³-hybridized carbons (Fsp3) is 0.263. The number of nitrogens with one attached hydrogen (secondary N) is 1. The molecule has 0 radical (unpaired) electrons. The van der Waals surface area contributed by atoms with Gasteiger partial charge in [-0.2, -0.15) is 0 Å². The molecule has 24 heavy (non-hydrogen) atoms. The van der Waals surface area contributed by atoms with E-state index in [-0.39, 0.29) is 5.91 Å². The van der Waals surface area contributed by atoms with Gasteiger partial charge in [-0.25, -0.2) is 0 Å². The molecule has 0 unspecified atom stereocenters. The second-order valence-corrected chi connectivity index (χ2v) is 6.33. The molecule has 1 N–H and O–H groups in total. The zero-order valence-electron chi connectivity index (χ0n) is 13.6. The van der Waals surface area contributed by atoms with E-state index >= 15 is 0 Å². The fourth-order valence-electron chi connectivity index (χ4n) is 2.54. The zero-order chi connectivity index (χ0) is 16.8. The smallest absolute Gasteiger partial charge is 0.261 e. The summed E-state index contributed by atoms with van der Waals surface area (Å²) in [6, 6.07) is 11.8. The Morgan fingerprint density at radius 2 is 2.12 bits per heavy atom. The lowest BCUT2D eigenvalue weighted by atomic mass is 10.2. The van der Waals surface area contributed by atoms with Crippen molar-refractivity contribution in [3.63, 3.8) is 0 Å². The molecule has 2 heterocycles. The van der Waals surface area contributed by atoms with Gasteiger partial charge in [0.05, 0.1) is 11.5 Å². The van der Waals surface area contributed by atoms with Crippen LogP contribution in [0.1, 0.15) is 28.6 Å². The lowest BCUT2D eigenvalue weighted by Crippen LogP contribution is -2.25. The standard InChI is InChI=1S/C19H20N2O2S/c1-2-14-9-13-24-18(14)19(22)21-11-5-12-23-16-8-3-6-15-7-4-10-20-17(15)16/h3-4,6-10,13H,2,5,11-12H2,1H3,(H,21,22). The highest BCUT2D eigenvalue weighted by Crippen LogP contribution is 2.23. The second kappa shape index (κ2) is 7.93. The molecule has 3 rings (SSSR count). The molecule has 124 valence electrons. The quantitative estimate of drug-likeness (QED) is 0.660. The van der Waals surface area contributed by atoms with Crippen LogP contribution in [-0.4, -0.2) is 24.0 Å². The molecular weight excluding hydrogens is 320 g/mol. The average Bonchev–Trinajstić information content (AvgIpc) is 3.10. The van der Waals surface area contributed by atoms with Gasteiger partial charge < -0.3 is 10.1 Å². The number of thiophene rings is 1. The number of para-hydroxylation sites is 1. The molecule has 0 aliphatic rings. The van der Waals surface area contributed by atoms with Crippen molar-refractivity contribution in [2.24, 2.45) is 0 Å². The summed E-state index contributed by atoms with van der Waals surface area (Å²) in [4.78, 5) is 17.3. The van der Waals surface area contributed by atoms with Crippen LogP contribution in [0.4, 0.5) is 0 Å².